The molecule has 10 N–H and O–H groups in total. The Hall–Kier alpha value is -1.41. The number of aliphatic hydroxyl groups excluding tert-OH is 2. The van der Waals surface area contributed by atoms with E-state index in [9.17, 15) is 53.1 Å². The first-order chi connectivity index (χ1) is 24.7. The van der Waals surface area contributed by atoms with E-state index in [-0.39, 0.29) is 35.9 Å². The van der Waals surface area contributed by atoms with Gasteiger partial charge in [0.05, 0.1) is 19.5 Å². The zero-order valence-electron chi connectivity index (χ0n) is 28.4. The lowest BCUT2D eigenvalue weighted by atomic mass is 9.87. The molecule has 2 unspecified atom stereocenters. The first kappa shape index (κ1) is 46.0. The van der Waals surface area contributed by atoms with E-state index in [1.807, 2.05) is 0 Å². The minimum Gasteiger partial charge on any atom is -0.386 e. The molecule has 23 nitrogen and oxygen atoms in total. The fraction of sp³-hybridized carbons (Fsp3) is 0.708. The highest BCUT2D eigenvalue weighted by Gasteiger charge is 2.50. The summed E-state index contributed by atoms with van der Waals surface area (Å²) in [5, 5.41) is 26.5. The van der Waals surface area contributed by atoms with Crippen LogP contribution in [0.5, 0.6) is 0 Å². The van der Waals surface area contributed by atoms with E-state index in [0.29, 0.717) is 12.3 Å². The molecule has 2 amide bonds. The lowest BCUT2D eigenvalue weighted by molar-refractivity contribution is -0.137. The average Bonchev–Trinajstić information content (AvgIpc) is 3.62. The summed E-state index contributed by atoms with van der Waals surface area (Å²) in [6, 6.07) is 0. The van der Waals surface area contributed by atoms with Gasteiger partial charge in [0.15, 0.2) is 17.7 Å². The number of nitrogens with one attached hydrogen (secondary N) is 2. The van der Waals surface area contributed by atoms with Crippen LogP contribution in [0.15, 0.2) is 12.7 Å². The van der Waals surface area contributed by atoms with Gasteiger partial charge in [-0.3, -0.25) is 27.7 Å². The molecular weight excluding hydrogens is 831 g/mol. The Labute approximate surface area is 314 Å². The quantitative estimate of drug-likeness (QED) is 0.0424. The molecule has 0 radical (unpaired) electrons. The molecule has 0 spiro atoms. The number of nitrogens with zero attached hydrogens (tertiary/aromatic N) is 4. The van der Waals surface area contributed by atoms with Gasteiger partial charge in [-0.2, -0.15) is 4.31 Å². The van der Waals surface area contributed by atoms with Crippen molar-refractivity contribution in [1.82, 2.24) is 30.2 Å². The molecule has 53 heavy (non-hydrogen) atoms. The first-order valence-electron chi connectivity index (χ1n) is 15.5. The molecule has 1 aliphatic heterocycles. The van der Waals surface area contributed by atoms with Gasteiger partial charge in [0.25, 0.3) is 0 Å². The lowest BCUT2D eigenvalue weighted by Gasteiger charge is -2.30. The number of phosphoric acid groups is 3. The summed E-state index contributed by atoms with van der Waals surface area (Å²) >= 11 is 0. The van der Waals surface area contributed by atoms with E-state index >= 15 is 0 Å². The normalized spacial score (nSPS) is 22.3. The van der Waals surface area contributed by atoms with Crippen molar-refractivity contribution in [3.05, 3.63) is 12.7 Å². The largest absolute Gasteiger partial charge is 0.481 e. The number of aliphatic hydroxyl groups is 2. The summed E-state index contributed by atoms with van der Waals surface area (Å²) in [6.07, 6.45) is -5.64. The molecule has 1 saturated heterocycles. The van der Waals surface area contributed by atoms with Crippen LogP contribution in [0.25, 0.3) is 11.2 Å². The Balaban J connectivity index is 1.51. The summed E-state index contributed by atoms with van der Waals surface area (Å²) in [4.78, 5) is 75.4. The highest BCUT2D eigenvalue weighted by atomic mass is 33.5. The molecule has 0 aromatic carbocycles. The van der Waals surface area contributed by atoms with E-state index in [4.69, 9.17) is 19.5 Å². The molecular formula is C24H42N7O16P3S3. The van der Waals surface area contributed by atoms with Gasteiger partial charge >= 0.3 is 23.5 Å². The second-order valence-electron chi connectivity index (χ2n) is 11.8. The maximum atomic E-state index is 12.6. The Kier molecular flexibility index (Phi) is 17.5. The number of carbonyl (C=O) groups excluding carboxylic acids is 2. The van der Waals surface area contributed by atoms with Gasteiger partial charge in [0, 0.05) is 36.4 Å². The average molecular weight is 874 g/mol. The number of imidazole rings is 1. The zero-order chi connectivity index (χ0) is 39.6. The van der Waals surface area contributed by atoms with E-state index in [2.05, 4.69) is 41.3 Å². The number of phosphoric ester groups is 3. The van der Waals surface area contributed by atoms with Crippen LogP contribution in [0.1, 0.15) is 39.8 Å². The van der Waals surface area contributed by atoms with Crippen LogP contribution < -0.4 is 16.4 Å². The van der Waals surface area contributed by atoms with Crippen molar-refractivity contribution >= 4 is 83.7 Å². The van der Waals surface area contributed by atoms with Crippen LogP contribution in [0.2, 0.25) is 0 Å². The predicted octanol–water partition coefficient (Wildman–Crippen LogP) is 0.844. The Morgan fingerprint density at radius 3 is 2.42 bits per heavy atom. The van der Waals surface area contributed by atoms with Gasteiger partial charge < -0.3 is 50.9 Å². The van der Waals surface area contributed by atoms with E-state index < -0.39 is 78.6 Å². The van der Waals surface area contributed by atoms with Crippen molar-refractivity contribution in [3.8, 4) is 0 Å². The molecule has 29 heteroatoms. The summed E-state index contributed by atoms with van der Waals surface area (Å²) < 4.78 is 62.0. The Morgan fingerprint density at radius 2 is 1.74 bits per heavy atom. The molecule has 2 aromatic rings. The second kappa shape index (κ2) is 20.1. The SMILES string of the molecule is CCCSSSCCNC(=O)CCNC(=O)[C@H](O)C(C)(C)COP(=O)(O)OP(=O)(O)OC[C@H]1O[C@@H](n2cnc3c(N)ncnc32)[C@H](O)[C@@H]1OP(=O)(O)O. The highest BCUT2D eigenvalue weighted by Crippen LogP contribution is 2.61. The fourth-order valence-corrected chi connectivity index (χ4v) is 10.9. The van der Waals surface area contributed by atoms with Crippen molar-refractivity contribution in [2.75, 3.05) is 43.5 Å². The number of aromatic nitrogens is 4. The molecule has 3 rings (SSSR count). The maximum Gasteiger partial charge on any atom is 0.481 e. The predicted molar refractivity (Wildman–Crippen MR) is 192 cm³/mol. The van der Waals surface area contributed by atoms with Crippen molar-refractivity contribution in [2.45, 2.75) is 64.3 Å². The number of ether oxygens (including phenoxy) is 1. The number of amides is 2. The highest BCUT2D eigenvalue weighted by molar-refractivity contribution is 9.09. The minimum absolute atomic E-state index is 0.0345. The first-order valence-corrected chi connectivity index (χ1v) is 23.8. The number of anilines is 1. The maximum absolute atomic E-state index is 12.6. The number of nitrogens with two attached hydrogens (primary N) is 1. The van der Waals surface area contributed by atoms with Gasteiger partial charge in [-0.1, -0.05) is 42.4 Å². The fourth-order valence-electron chi connectivity index (χ4n) is 4.36. The van der Waals surface area contributed by atoms with Crippen LogP contribution in [0.4, 0.5) is 5.82 Å². The molecule has 2 aromatic heterocycles. The van der Waals surface area contributed by atoms with Gasteiger partial charge in [-0.05, 0) is 16.2 Å². The van der Waals surface area contributed by atoms with E-state index in [1.165, 1.54) is 13.8 Å². The van der Waals surface area contributed by atoms with E-state index in [1.54, 1.807) is 31.4 Å². The Bertz CT molecular complexity index is 1690. The van der Waals surface area contributed by atoms with Crippen LogP contribution in [0, 0.1) is 5.41 Å². The van der Waals surface area contributed by atoms with Gasteiger partial charge in [-0.25, -0.2) is 28.6 Å². The van der Waals surface area contributed by atoms with E-state index in [0.717, 1.165) is 29.4 Å². The van der Waals surface area contributed by atoms with Crippen LogP contribution in [-0.4, -0.2) is 123 Å². The van der Waals surface area contributed by atoms with Crippen LogP contribution in [-0.2, 0) is 45.9 Å². The molecule has 0 aliphatic carbocycles. The molecule has 7 atom stereocenters. The number of nitrogen functional groups attached to an aromatic ring is 1. The standard InChI is InChI=1S/C24H42N7O16P3S3/c1-4-8-51-53-52-9-7-26-15(32)5-6-27-22(35)19(34)24(2,3)11-44-50(41,42)47-49(39,40)43-10-14-18(46-48(36,37)38)17(33)23(45-14)31-13-30-16-20(25)28-12-29-21(16)31/h12-14,17-19,23,33-34H,4-11H2,1-3H3,(H,26,32)(H,27,35)(H,39,40)(H,41,42)(H2,25,28,29)(H2,36,37,38)/t14-,17-,18-,19+,23-/m1/s1. The Morgan fingerprint density at radius 1 is 1.06 bits per heavy atom. The number of hydrogen-bond acceptors (Lipinski definition) is 19. The van der Waals surface area contributed by atoms with Crippen LogP contribution >= 0.6 is 54.9 Å². The molecule has 1 aliphatic rings. The number of carbonyl (C=O) groups is 2. The topological polar surface area (TPSA) is 347 Å². The summed E-state index contributed by atoms with van der Waals surface area (Å²) in [5.74, 6) is 0.430. The monoisotopic (exact) mass is 873 g/mol. The minimum atomic E-state index is -5.54. The smallest absolute Gasteiger partial charge is 0.386 e. The number of hydrogen-bond donors (Lipinski definition) is 9. The third kappa shape index (κ3) is 14.6. The molecule has 1 fully saturated rings. The van der Waals surface area contributed by atoms with Gasteiger partial charge in [0.2, 0.25) is 11.8 Å². The van der Waals surface area contributed by atoms with Gasteiger partial charge in [0.1, 0.15) is 36.3 Å². The van der Waals surface area contributed by atoms with Crippen molar-refractivity contribution in [3.63, 3.8) is 0 Å². The summed E-state index contributed by atoms with van der Waals surface area (Å²) in [6.45, 7) is 2.97. The molecule has 302 valence electrons. The second-order valence-corrected chi connectivity index (χ2v) is 20.5. The molecule has 0 saturated carbocycles. The third-order valence-electron chi connectivity index (χ3n) is 6.97. The van der Waals surface area contributed by atoms with Crippen molar-refractivity contribution in [2.24, 2.45) is 5.41 Å². The summed E-state index contributed by atoms with van der Waals surface area (Å²) in [7, 11) is -11.3. The van der Waals surface area contributed by atoms with Crippen molar-refractivity contribution in [1.29, 1.82) is 0 Å². The van der Waals surface area contributed by atoms with Crippen molar-refractivity contribution < 1.29 is 75.7 Å². The summed E-state index contributed by atoms with van der Waals surface area (Å²) in [5.41, 5.74) is 4.32. The van der Waals surface area contributed by atoms with Crippen LogP contribution in [0.3, 0.4) is 0 Å². The number of fused-ring (bicyclic) bond motifs is 1. The molecule has 0 bridgehead atoms. The molecule has 3 heterocycles. The zero-order valence-corrected chi connectivity index (χ0v) is 33.5. The van der Waals surface area contributed by atoms with Gasteiger partial charge in [-0.15, -0.1) is 0 Å². The lowest BCUT2D eigenvalue weighted by Crippen LogP contribution is -2.46. The number of rotatable bonds is 23. The third-order valence-corrected chi connectivity index (χ3v) is 14.5.